The molecule has 1 aromatic rings. The summed E-state index contributed by atoms with van der Waals surface area (Å²) >= 11 is 3.27. The molecule has 5 nitrogen and oxygen atoms in total. The number of carbonyl (C=O) groups excluding carboxylic acids is 2. The van der Waals surface area contributed by atoms with Gasteiger partial charge in [0.05, 0.1) is 5.56 Å². The number of nitrogens with two attached hydrogens (primary N) is 1. The Balaban J connectivity index is 1.75. The fourth-order valence-electron chi connectivity index (χ4n) is 2.61. The molecule has 1 aliphatic carbocycles. The van der Waals surface area contributed by atoms with E-state index in [1.165, 1.54) is 19.3 Å². The molecule has 0 bridgehead atoms. The van der Waals surface area contributed by atoms with Crippen LogP contribution in [0.15, 0.2) is 22.7 Å². The average molecular weight is 369 g/mol. The number of rotatable bonds is 5. The second kappa shape index (κ2) is 8.17. The van der Waals surface area contributed by atoms with E-state index in [-0.39, 0.29) is 18.1 Å². The lowest BCUT2D eigenvalue weighted by atomic mass is 9.89. The van der Waals surface area contributed by atoms with Crippen molar-refractivity contribution in [2.24, 2.45) is 5.92 Å². The molecule has 2 rings (SSSR count). The molecule has 0 heterocycles. The van der Waals surface area contributed by atoms with Crippen molar-refractivity contribution >= 4 is 33.5 Å². The quantitative estimate of drug-likeness (QED) is 0.618. The highest BCUT2D eigenvalue weighted by atomic mass is 79.9. The van der Waals surface area contributed by atoms with Crippen molar-refractivity contribution in [2.45, 2.75) is 32.1 Å². The number of esters is 1. The third kappa shape index (κ3) is 5.02. The zero-order chi connectivity index (χ0) is 15.9. The lowest BCUT2D eigenvalue weighted by Gasteiger charge is -2.21. The van der Waals surface area contributed by atoms with Gasteiger partial charge in [0, 0.05) is 16.7 Å². The minimum atomic E-state index is -0.591. The summed E-state index contributed by atoms with van der Waals surface area (Å²) in [5.74, 6) is -0.312. The zero-order valence-corrected chi connectivity index (χ0v) is 14.0. The standard InChI is InChI=1S/C16H21BrN2O3/c17-12-6-7-14(18)13(8-12)16(21)22-10-15(20)19-9-11-4-2-1-3-5-11/h6-8,11H,1-5,9-10,18H2,(H,19,20). The molecule has 1 aliphatic rings. The number of hydrogen-bond donors (Lipinski definition) is 2. The van der Waals surface area contributed by atoms with E-state index in [1.54, 1.807) is 18.2 Å². The molecule has 0 atom stereocenters. The minimum Gasteiger partial charge on any atom is -0.452 e. The molecule has 1 aromatic carbocycles. The third-order valence-corrected chi connectivity index (χ3v) is 4.38. The van der Waals surface area contributed by atoms with Crippen molar-refractivity contribution in [3.05, 3.63) is 28.2 Å². The Kier molecular flexibility index (Phi) is 6.24. The molecule has 3 N–H and O–H groups in total. The van der Waals surface area contributed by atoms with Gasteiger partial charge in [0.2, 0.25) is 0 Å². The summed E-state index contributed by atoms with van der Waals surface area (Å²) in [5.41, 5.74) is 6.32. The van der Waals surface area contributed by atoms with E-state index < -0.39 is 5.97 Å². The predicted octanol–water partition coefficient (Wildman–Crippen LogP) is 2.88. The fraction of sp³-hybridized carbons (Fsp3) is 0.500. The van der Waals surface area contributed by atoms with Crippen LogP contribution in [0.5, 0.6) is 0 Å². The first kappa shape index (κ1) is 16.8. The molecular weight excluding hydrogens is 348 g/mol. The molecular formula is C16H21BrN2O3. The molecule has 1 amide bonds. The van der Waals surface area contributed by atoms with Gasteiger partial charge in [0.15, 0.2) is 6.61 Å². The van der Waals surface area contributed by atoms with Crippen LogP contribution in [0.2, 0.25) is 0 Å². The molecule has 0 aliphatic heterocycles. The van der Waals surface area contributed by atoms with Gasteiger partial charge in [-0.25, -0.2) is 4.79 Å². The van der Waals surface area contributed by atoms with Gasteiger partial charge in [0.1, 0.15) is 0 Å². The van der Waals surface area contributed by atoms with Crippen LogP contribution in [0.4, 0.5) is 5.69 Å². The lowest BCUT2D eigenvalue weighted by Crippen LogP contribution is -2.33. The number of nitrogen functional groups attached to an aromatic ring is 1. The van der Waals surface area contributed by atoms with E-state index in [1.807, 2.05) is 0 Å². The first-order valence-electron chi connectivity index (χ1n) is 7.55. The molecule has 0 radical (unpaired) electrons. The van der Waals surface area contributed by atoms with E-state index >= 15 is 0 Å². The summed E-state index contributed by atoms with van der Waals surface area (Å²) in [4.78, 5) is 23.7. The molecule has 0 spiro atoms. The Labute approximate surface area is 138 Å². The van der Waals surface area contributed by atoms with Crippen molar-refractivity contribution < 1.29 is 14.3 Å². The minimum absolute atomic E-state index is 0.259. The summed E-state index contributed by atoms with van der Waals surface area (Å²) in [6.45, 7) is 0.382. The number of halogens is 1. The predicted molar refractivity (Wildman–Crippen MR) is 88.4 cm³/mol. The van der Waals surface area contributed by atoms with Crippen molar-refractivity contribution in [3.63, 3.8) is 0 Å². The SMILES string of the molecule is Nc1ccc(Br)cc1C(=O)OCC(=O)NCC1CCCCC1. The van der Waals surface area contributed by atoms with Gasteiger partial charge < -0.3 is 15.8 Å². The number of carbonyl (C=O) groups is 2. The second-order valence-electron chi connectivity index (χ2n) is 5.62. The molecule has 0 saturated heterocycles. The Bertz CT molecular complexity index is 542. The van der Waals surface area contributed by atoms with Crippen molar-refractivity contribution in [1.82, 2.24) is 5.32 Å². The average Bonchev–Trinajstić information content (AvgIpc) is 2.54. The maximum absolute atomic E-state index is 11.9. The highest BCUT2D eigenvalue weighted by molar-refractivity contribution is 9.10. The van der Waals surface area contributed by atoms with E-state index in [0.717, 1.165) is 17.3 Å². The molecule has 0 unspecified atom stereocenters. The smallest absolute Gasteiger partial charge is 0.340 e. The molecule has 22 heavy (non-hydrogen) atoms. The molecule has 1 saturated carbocycles. The van der Waals surface area contributed by atoms with Gasteiger partial charge in [-0.05, 0) is 37.0 Å². The fourth-order valence-corrected chi connectivity index (χ4v) is 2.98. The summed E-state index contributed by atoms with van der Waals surface area (Å²) in [6.07, 6.45) is 6.08. The number of amides is 1. The maximum atomic E-state index is 11.9. The summed E-state index contributed by atoms with van der Waals surface area (Å²) in [5, 5.41) is 2.83. The van der Waals surface area contributed by atoms with E-state index in [0.29, 0.717) is 18.2 Å². The highest BCUT2D eigenvalue weighted by Crippen LogP contribution is 2.22. The van der Waals surface area contributed by atoms with Crippen molar-refractivity contribution in [3.8, 4) is 0 Å². The summed E-state index contributed by atoms with van der Waals surface area (Å²) in [6, 6.07) is 4.93. The van der Waals surface area contributed by atoms with E-state index in [2.05, 4.69) is 21.2 Å². The third-order valence-electron chi connectivity index (χ3n) is 3.88. The first-order chi connectivity index (χ1) is 10.6. The van der Waals surface area contributed by atoms with E-state index in [9.17, 15) is 9.59 Å². The van der Waals surface area contributed by atoms with Gasteiger partial charge in [-0.15, -0.1) is 0 Å². The van der Waals surface area contributed by atoms with Crippen LogP contribution in [-0.2, 0) is 9.53 Å². The van der Waals surface area contributed by atoms with Crippen molar-refractivity contribution in [2.75, 3.05) is 18.9 Å². The van der Waals surface area contributed by atoms with Gasteiger partial charge in [-0.3, -0.25) is 4.79 Å². The van der Waals surface area contributed by atoms with Crippen LogP contribution in [-0.4, -0.2) is 25.0 Å². The first-order valence-corrected chi connectivity index (χ1v) is 8.34. The van der Waals surface area contributed by atoms with Crippen LogP contribution in [0, 0.1) is 5.92 Å². The molecule has 120 valence electrons. The van der Waals surface area contributed by atoms with Crippen LogP contribution in [0.1, 0.15) is 42.5 Å². The number of ether oxygens (including phenoxy) is 1. The Morgan fingerprint density at radius 1 is 1.27 bits per heavy atom. The number of anilines is 1. The Hall–Kier alpha value is -1.56. The Morgan fingerprint density at radius 2 is 2.00 bits per heavy atom. The molecule has 6 heteroatoms. The van der Waals surface area contributed by atoms with Crippen LogP contribution in [0.25, 0.3) is 0 Å². The van der Waals surface area contributed by atoms with Crippen LogP contribution in [0.3, 0.4) is 0 Å². The van der Waals surface area contributed by atoms with Gasteiger partial charge >= 0.3 is 5.97 Å². The summed E-state index contributed by atoms with van der Waals surface area (Å²) < 4.78 is 5.75. The van der Waals surface area contributed by atoms with E-state index in [4.69, 9.17) is 10.5 Å². The topological polar surface area (TPSA) is 81.4 Å². The largest absolute Gasteiger partial charge is 0.452 e. The zero-order valence-electron chi connectivity index (χ0n) is 12.4. The normalized spacial score (nSPS) is 15.3. The van der Waals surface area contributed by atoms with Crippen LogP contribution < -0.4 is 11.1 Å². The molecule has 0 aromatic heterocycles. The Morgan fingerprint density at radius 3 is 2.73 bits per heavy atom. The van der Waals surface area contributed by atoms with Gasteiger partial charge in [-0.1, -0.05) is 35.2 Å². The lowest BCUT2D eigenvalue weighted by molar-refractivity contribution is -0.124. The summed E-state index contributed by atoms with van der Waals surface area (Å²) in [7, 11) is 0. The second-order valence-corrected chi connectivity index (χ2v) is 6.53. The van der Waals surface area contributed by atoms with Gasteiger partial charge in [-0.2, -0.15) is 0 Å². The number of benzene rings is 1. The van der Waals surface area contributed by atoms with Gasteiger partial charge in [0.25, 0.3) is 5.91 Å². The number of hydrogen-bond acceptors (Lipinski definition) is 4. The van der Waals surface area contributed by atoms with Crippen LogP contribution >= 0.6 is 15.9 Å². The molecule has 1 fully saturated rings. The maximum Gasteiger partial charge on any atom is 0.340 e. The number of nitrogens with one attached hydrogen (secondary N) is 1. The van der Waals surface area contributed by atoms with Crippen molar-refractivity contribution in [1.29, 1.82) is 0 Å². The monoisotopic (exact) mass is 368 g/mol. The highest BCUT2D eigenvalue weighted by Gasteiger charge is 2.16.